The van der Waals surface area contributed by atoms with E-state index in [1.807, 2.05) is 4.90 Å². The van der Waals surface area contributed by atoms with Crippen LogP contribution in [0.25, 0.3) is 0 Å². The summed E-state index contributed by atoms with van der Waals surface area (Å²) in [7, 11) is 0. The van der Waals surface area contributed by atoms with Crippen molar-refractivity contribution in [2.75, 3.05) is 19.6 Å². The molecule has 2 rings (SSSR count). The summed E-state index contributed by atoms with van der Waals surface area (Å²) >= 11 is 0. The number of carbonyl (C=O) groups is 1. The zero-order valence-corrected chi connectivity index (χ0v) is 11.5. The van der Waals surface area contributed by atoms with Crippen molar-refractivity contribution >= 4 is 6.03 Å². The first-order valence-corrected chi connectivity index (χ1v) is 7.34. The van der Waals surface area contributed by atoms with Gasteiger partial charge in [-0.25, -0.2) is 4.79 Å². The van der Waals surface area contributed by atoms with E-state index in [9.17, 15) is 9.90 Å². The van der Waals surface area contributed by atoms with E-state index in [0.29, 0.717) is 12.5 Å². The molecule has 1 aliphatic heterocycles. The van der Waals surface area contributed by atoms with Crippen molar-refractivity contribution in [2.24, 2.45) is 5.92 Å². The van der Waals surface area contributed by atoms with E-state index in [1.165, 1.54) is 6.42 Å². The number of nitrogens with zero attached hydrogens (tertiary/aromatic N) is 1. The molecule has 4 nitrogen and oxygen atoms in total. The van der Waals surface area contributed by atoms with Crippen LogP contribution in [0.2, 0.25) is 0 Å². The molecular weight excluding hydrogens is 228 g/mol. The summed E-state index contributed by atoms with van der Waals surface area (Å²) in [5, 5.41) is 13.3. The lowest BCUT2D eigenvalue weighted by Gasteiger charge is -2.36. The Bertz CT molecular complexity index is 280. The van der Waals surface area contributed by atoms with Gasteiger partial charge in [0.25, 0.3) is 0 Å². The summed E-state index contributed by atoms with van der Waals surface area (Å²) in [4.78, 5) is 13.8. The van der Waals surface area contributed by atoms with Crippen LogP contribution in [0.15, 0.2) is 0 Å². The first-order valence-electron chi connectivity index (χ1n) is 7.34. The fraction of sp³-hybridized carbons (Fsp3) is 0.929. The molecule has 0 bridgehead atoms. The highest BCUT2D eigenvalue weighted by atomic mass is 16.3. The highest BCUT2D eigenvalue weighted by molar-refractivity contribution is 5.74. The minimum atomic E-state index is -0.669. The topological polar surface area (TPSA) is 52.6 Å². The van der Waals surface area contributed by atoms with Crippen LogP contribution < -0.4 is 5.32 Å². The lowest BCUT2D eigenvalue weighted by molar-refractivity contribution is -0.00486. The van der Waals surface area contributed by atoms with E-state index in [4.69, 9.17) is 0 Å². The van der Waals surface area contributed by atoms with E-state index in [1.54, 1.807) is 0 Å². The predicted molar refractivity (Wildman–Crippen MR) is 71.4 cm³/mol. The number of rotatable bonds is 2. The summed E-state index contributed by atoms with van der Waals surface area (Å²) in [5.41, 5.74) is -0.669. The second kappa shape index (κ2) is 5.91. The van der Waals surface area contributed by atoms with Crippen LogP contribution in [0.3, 0.4) is 0 Å². The zero-order chi connectivity index (χ0) is 13.0. The molecule has 4 heteroatoms. The van der Waals surface area contributed by atoms with Gasteiger partial charge in [0.05, 0.1) is 5.60 Å². The van der Waals surface area contributed by atoms with Gasteiger partial charge in [0, 0.05) is 19.6 Å². The molecule has 0 spiro atoms. The standard InChI is InChI=1S/C14H26N2O2/c1-12-5-7-14(18,8-6-12)11-15-13(17)16-9-3-2-4-10-16/h12,18H,2-11H2,1H3,(H,15,17). The van der Waals surface area contributed by atoms with Crippen LogP contribution in [-0.4, -0.2) is 41.3 Å². The Labute approximate surface area is 110 Å². The lowest BCUT2D eigenvalue weighted by Crippen LogP contribution is -2.50. The molecular formula is C14H26N2O2. The molecule has 1 saturated heterocycles. The van der Waals surface area contributed by atoms with Crippen molar-refractivity contribution in [3.05, 3.63) is 0 Å². The van der Waals surface area contributed by atoms with Gasteiger partial charge in [0.15, 0.2) is 0 Å². The summed E-state index contributed by atoms with van der Waals surface area (Å²) in [6.45, 7) is 4.36. The molecule has 0 aromatic heterocycles. The van der Waals surface area contributed by atoms with Gasteiger partial charge >= 0.3 is 6.03 Å². The van der Waals surface area contributed by atoms with Gasteiger partial charge in [-0.3, -0.25) is 0 Å². The quantitative estimate of drug-likeness (QED) is 0.793. The van der Waals surface area contributed by atoms with Crippen molar-refractivity contribution < 1.29 is 9.90 Å². The second-order valence-corrected chi connectivity index (χ2v) is 6.11. The normalized spacial score (nSPS) is 33.2. The molecule has 1 aliphatic carbocycles. The van der Waals surface area contributed by atoms with Gasteiger partial charge in [-0.2, -0.15) is 0 Å². The van der Waals surface area contributed by atoms with E-state index in [2.05, 4.69) is 12.2 Å². The molecule has 0 aromatic carbocycles. The summed E-state index contributed by atoms with van der Waals surface area (Å²) in [6.07, 6.45) is 7.20. The first-order chi connectivity index (χ1) is 8.59. The Morgan fingerprint density at radius 1 is 1.28 bits per heavy atom. The zero-order valence-electron chi connectivity index (χ0n) is 11.5. The molecule has 18 heavy (non-hydrogen) atoms. The molecule has 1 heterocycles. The highest BCUT2D eigenvalue weighted by Crippen LogP contribution is 2.31. The van der Waals surface area contributed by atoms with Crippen molar-refractivity contribution in [3.63, 3.8) is 0 Å². The van der Waals surface area contributed by atoms with Crippen molar-refractivity contribution in [3.8, 4) is 0 Å². The average molecular weight is 254 g/mol. The maximum atomic E-state index is 12.0. The van der Waals surface area contributed by atoms with Gasteiger partial charge < -0.3 is 15.3 Å². The van der Waals surface area contributed by atoms with Crippen LogP contribution >= 0.6 is 0 Å². The smallest absolute Gasteiger partial charge is 0.317 e. The second-order valence-electron chi connectivity index (χ2n) is 6.11. The number of amides is 2. The summed E-state index contributed by atoms with van der Waals surface area (Å²) in [6, 6.07) is 0.00162. The molecule has 2 amide bonds. The molecule has 2 N–H and O–H groups in total. The fourth-order valence-corrected chi connectivity index (χ4v) is 2.93. The minimum absolute atomic E-state index is 0.00162. The van der Waals surface area contributed by atoms with Crippen LogP contribution in [0.1, 0.15) is 51.9 Å². The minimum Gasteiger partial charge on any atom is -0.388 e. The molecule has 0 aromatic rings. The molecule has 2 fully saturated rings. The number of likely N-dealkylation sites (tertiary alicyclic amines) is 1. The fourth-order valence-electron chi connectivity index (χ4n) is 2.93. The average Bonchev–Trinajstić information content (AvgIpc) is 2.41. The maximum absolute atomic E-state index is 12.0. The number of hydrogen-bond donors (Lipinski definition) is 2. The number of urea groups is 1. The van der Waals surface area contributed by atoms with E-state index in [0.717, 1.165) is 51.6 Å². The van der Waals surface area contributed by atoms with Crippen molar-refractivity contribution in [1.29, 1.82) is 0 Å². The molecule has 2 aliphatic rings. The lowest BCUT2D eigenvalue weighted by atomic mass is 9.79. The number of nitrogens with one attached hydrogen (secondary N) is 1. The predicted octanol–water partition coefficient (Wildman–Crippen LogP) is 2.12. The highest BCUT2D eigenvalue weighted by Gasteiger charge is 2.32. The van der Waals surface area contributed by atoms with Crippen LogP contribution in [0.5, 0.6) is 0 Å². The van der Waals surface area contributed by atoms with Gasteiger partial charge in [-0.15, -0.1) is 0 Å². The number of aliphatic hydroxyl groups is 1. The summed E-state index contributed by atoms with van der Waals surface area (Å²) < 4.78 is 0. The monoisotopic (exact) mass is 254 g/mol. The number of carbonyl (C=O) groups excluding carboxylic acids is 1. The largest absolute Gasteiger partial charge is 0.388 e. The SMILES string of the molecule is CC1CCC(O)(CNC(=O)N2CCCCC2)CC1. The van der Waals surface area contributed by atoms with Crippen LogP contribution in [-0.2, 0) is 0 Å². The molecule has 1 saturated carbocycles. The Morgan fingerprint density at radius 3 is 2.50 bits per heavy atom. The van der Waals surface area contributed by atoms with Gasteiger partial charge in [-0.05, 0) is 50.9 Å². The maximum Gasteiger partial charge on any atom is 0.317 e. The summed E-state index contributed by atoms with van der Waals surface area (Å²) in [5.74, 6) is 0.711. The molecule has 0 unspecified atom stereocenters. The van der Waals surface area contributed by atoms with Gasteiger partial charge in [0.1, 0.15) is 0 Å². The molecule has 104 valence electrons. The Hall–Kier alpha value is -0.770. The Morgan fingerprint density at radius 2 is 1.89 bits per heavy atom. The third-order valence-electron chi connectivity index (χ3n) is 4.42. The van der Waals surface area contributed by atoms with Gasteiger partial charge in [0.2, 0.25) is 0 Å². The number of hydrogen-bond acceptors (Lipinski definition) is 2. The Balaban J connectivity index is 1.74. The van der Waals surface area contributed by atoms with Gasteiger partial charge in [-0.1, -0.05) is 6.92 Å². The number of piperidine rings is 1. The van der Waals surface area contributed by atoms with E-state index < -0.39 is 5.60 Å². The van der Waals surface area contributed by atoms with Crippen LogP contribution in [0.4, 0.5) is 4.79 Å². The molecule has 0 radical (unpaired) electrons. The third-order valence-corrected chi connectivity index (χ3v) is 4.42. The van der Waals surface area contributed by atoms with Crippen molar-refractivity contribution in [2.45, 2.75) is 57.5 Å². The Kier molecular flexibility index (Phi) is 4.49. The molecule has 0 atom stereocenters. The first kappa shape index (κ1) is 13.7. The van der Waals surface area contributed by atoms with E-state index >= 15 is 0 Å². The van der Waals surface area contributed by atoms with Crippen molar-refractivity contribution in [1.82, 2.24) is 10.2 Å². The third kappa shape index (κ3) is 3.61. The van der Waals surface area contributed by atoms with Crippen LogP contribution in [0, 0.1) is 5.92 Å². The van der Waals surface area contributed by atoms with E-state index in [-0.39, 0.29) is 6.03 Å².